The summed E-state index contributed by atoms with van der Waals surface area (Å²) in [5.41, 5.74) is 0.343. The zero-order chi connectivity index (χ0) is 15.6. The highest BCUT2D eigenvalue weighted by atomic mass is 35.5. The number of aromatic nitrogens is 1. The van der Waals surface area contributed by atoms with Gasteiger partial charge in [0.25, 0.3) is 10.0 Å². The van der Waals surface area contributed by atoms with Crippen molar-refractivity contribution >= 4 is 38.9 Å². The molecule has 0 bridgehead atoms. The molecule has 1 atom stereocenters. The molecule has 1 aromatic heterocycles. The van der Waals surface area contributed by atoms with Crippen molar-refractivity contribution in [2.75, 3.05) is 13.1 Å². The van der Waals surface area contributed by atoms with Crippen molar-refractivity contribution in [2.45, 2.75) is 43.4 Å². The molecule has 0 radical (unpaired) electrons. The molecule has 118 valence electrons. The van der Waals surface area contributed by atoms with Crippen molar-refractivity contribution in [3.8, 4) is 0 Å². The van der Waals surface area contributed by atoms with Crippen LogP contribution in [0.15, 0.2) is 4.21 Å². The van der Waals surface area contributed by atoms with E-state index in [4.69, 9.17) is 11.6 Å². The maximum Gasteiger partial charge on any atom is 0.252 e. The summed E-state index contributed by atoms with van der Waals surface area (Å²) < 4.78 is 27.2. The normalized spacial score (nSPS) is 17.8. The SMILES string of the molecule is Cc1nc(Cl)sc1S(=O)(=O)NC(C)C(=O)N1CCCCC1. The molecule has 2 rings (SSSR count). The van der Waals surface area contributed by atoms with Crippen molar-refractivity contribution in [3.63, 3.8) is 0 Å². The number of nitrogens with one attached hydrogen (secondary N) is 1. The van der Waals surface area contributed by atoms with Crippen LogP contribution in [-0.4, -0.2) is 43.3 Å². The van der Waals surface area contributed by atoms with Crippen LogP contribution in [0.4, 0.5) is 0 Å². The van der Waals surface area contributed by atoms with Crippen molar-refractivity contribution in [2.24, 2.45) is 0 Å². The molecule has 9 heteroatoms. The first kappa shape index (κ1) is 16.7. The number of halogens is 1. The van der Waals surface area contributed by atoms with Gasteiger partial charge in [0, 0.05) is 13.1 Å². The first-order valence-corrected chi connectivity index (χ1v) is 9.43. The molecule has 0 saturated carbocycles. The number of thiazole rings is 1. The van der Waals surface area contributed by atoms with Gasteiger partial charge < -0.3 is 4.90 Å². The highest BCUT2D eigenvalue weighted by molar-refractivity contribution is 7.91. The fourth-order valence-electron chi connectivity index (χ4n) is 2.32. The average molecular weight is 352 g/mol. The summed E-state index contributed by atoms with van der Waals surface area (Å²) in [5, 5.41) is 0. The van der Waals surface area contributed by atoms with Gasteiger partial charge in [-0.25, -0.2) is 13.4 Å². The van der Waals surface area contributed by atoms with E-state index in [2.05, 4.69) is 9.71 Å². The third-order valence-electron chi connectivity index (χ3n) is 3.34. The Hall–Kier alpha value is -0.700. The van der Waals surface area contributed by atoms with Crippen LogP contribution in [0.3, 0.4) is 0 Å². The Morgan fingerprint density at radius 1 is 1.38 bits per heavy atom. The number of amides is 1. The Balaban J connectivity index is 2.09. The van der Waals surface area contributed by atoms with Gasteiger partial charge in [-0.2, -0.15) is 4.72 Å². The monoisotopic (exact) mass is 351 g/mol. The summed E-state index contributed by atoms with van der Waals surface area (Å²) in [6, 6.07) is -0.798. The molecule has 1 unspecified atom stereocenters. The van der Waals surface area contributed by atoms with Crippen LogP contribution in [0.2, 0.25) is 4.47 Å². The highest BCUT2D eigenvalue weighted by Crippen LogP contribution is 2.26. The second-order valence-corrected chi connectivity index (χ2v) is 8.56. The zero-order valence-electron chi connectivity index (χ0n) is 11.9. The molecule has 1 aromatic rings. The first-order chi connectivity index (χ1) is 9.81. The minimum atomic E-state index is -3.78. The minimum absolute atomic E-state index is 0.0609. The lowest BCUT2D eigenvalue weighted by atomic mass is 10.1. The molecule has 1 saturated heterocycles. The molecule has 1 N–H and O–H groups in total. The van der Waals surface area contributed by atoms with Crippen LogP contribution in [0.25, 0.3) is 0 Å². The molecule has 6 nitrogen and oxygen atoms in total. The lowest BCUT2D eigenvalue weighted by molar-refractivity contribution is -0.133. The van der Waals surface area contributed by atoms with Crippen LogP contribution in [0, 0.1) is 6.92 Å². The predicted molar refractivity (Wildman–Crippen MR) is 82.1 cm³/mol. The predicted octanol–water partition coefficient (Wildman–Crippen LogP) is 1.78. The smallest absolute Gasteiger partial charge is 0.252 e. The molecule has 1 amide bonds. The quantitative estimate of drug-likeness (QED) is 0.896. The number of nitrogens with zero attached hydrogens (tertiary/aromatic N) is 2. The van der Waals surface area contributed by atoms with Crippen molar-refractivity contribution in [3.05, 3.63) is 10.2 Å². The van der Waals surface area contributed by atoms with Gasteiger partial charge in [0.15, 0.2) is 8.68 Å². The molecule has 1 aliphatic heterocycles. The van der Waals surface area contributed by atoms with Crippen LogP contribution < -0.4 is 4.72 Å². The van der Waals surface area contributed by atoms with E-state index in [1.165, 1.54) is 0 Å². The van der Waals surface area contributed by atoms with Crippen LogP contribution in [0.1, 0.15) is 31.9 Å². The average Bonchev–Trinajstić information content (AvgIpc) is 2.78. The van der Waals surface area contributed by atoms with E-state index in [1.54, 1.807) is 18.7 Å². The standard InChI is InChI=1S/C12H18ClN3O3S2/c1-8(10(17)16-6-4-3-5-7-16)15-21(18,19)11-9(2)14-12(13)20-11/h8,15H,3-7H2,1-2H3. The van der Waals surface area contributed by atoms with E-state index < -0.39 is 16.1 Å². The van der Waals surface area contributed by atoms with Gasteiger partial charge in [-0.3, -0.25) is 4.79 Å². The Bertz CT molecular complexity index is 624. The van der Waals surface area contributed by atoms with Crippen LogP contribution in [0.5, 0.6) is 0 Å². The number of rotatable bonds is 4. The topological polar surface area (TPSA) is 79.4 Å². The van der Waals surface area contributed by atoms with Gasteiger partial charge in [0.2, 0.25) is 5.91 Å². The third kappa shape index (κ3) is 3.94. The zero-order valence-corrected chi connectivity index (χ0v) is 14.3. The van der Waals surface area contributed by atoms with E-state index in [9.17, 15) is 13.2 Å². The van der Waals surface area contributed by atoms with Crippen molar-refractivity contribution < 1.29 is 13.2 Å². The number of piperidine rings is 1. The molecular weight excluding hydrogens is 334 g/mol. The Morgan fingerprint density at radius 3 is 2.52 bits per heavy atom. The number of carbonyl (C=O) groups is 1. The summed E-state index contributed by atoms with van der Waals surface area (Å²) >= 11 is 6.62. The van der Waals surface area contributed by atoms with E-state index in [0.29, 0.717) is 18.8 Å². The van der Waals surface area contributed by atoms with Gasteiger partial charge in [-0.05, 0) is 33.1 Å². The largest absolute Gasteiger partial charge is 0.341 e. The molecule has 0 aromatic carbocycles. The van der Waals surface area contributed by atoms with Crippen LogP contribution in [-0.2, 0) is 14.8 Å². The third-order valence-corrected chi connectivity index (χ3v) is 6.75. The van der Waals surface area contributed by atoms with E-state index >= 15 is 0 Å². The number of hydrogen-bond acceptors (Lipinski definition) is 5. The Kier molecular flexibility index (Phi) is 5.24. The molecule has 0 aliphatic carbocycles. The lowest BCUT2D eigenvalue weighted by Gasteiger charge is -2.29. The number of carbonyl (C=O) groups excluding carboxylic acids is 1. The second-order valence-electron chi connectivity index (χ2n) is 5.07. The van der Waals surface area contributed by atoms with Gasteiger partial charge >= 0.3 is 0 Å². The Labute approximate surface area is 133 Å². The highest BCUT2D eigenvalue weighted by Gasteiger charge is 2.29. The number of sulfonamides is 1. The molecule has 0 spiro atoms. The van der Waals surface area contributed by atoms with Crippen LogP contribution >= 0.6 is 22.9 Å². The van der Waals surface area contributed by atoms with Gasteiger partial charge in [-0.1, -0.05) is 22.9 Å². The summed E-state index contributed by atoms with van der Waals surface area (Å²) in [6.07, 6.45) is 3.05. The minimum Gasteiger partial charge on any atom is -0.341 e. The van der Waals surface area contributed by atoms with Crippen molar-refractivity contribution in [1.29, 1.82) is 0 Å². The fourth-order valence-corrected chi connectivity index (χ4v) is 5.28. The van der Waals surface area contributed by atoms with E-state index in [0.717, 1.165) is 30.6 Å². The fraction of sp³-hybridized carbons (Fsp3) is 0.667. The Morgan fingerprint density at radius 2 is 2.00 bits per heavy atom. The molecule has 1 aliphatic rings. The number of likely N-dealkylation sites (tertiary alicyclic amines) is 1. The van der Waals surface area contributed by atoms with Gasteiger partial charge in [-0.15, -0.1) is 0 Å². The van der Waals surface area contributed by atoms with E-state index in [1.807, 2.05) is 0 Å². The van der Waals surface area contributed by atoms with Gasteiger partial charge in [0.05, 0.1) is 11.7 Å². The number of hydrogen-bond donors (Lipinski definition) is 1. The molecule has 21 heavy (non-hydrogen) atoms. The lowest BCUT2D eigenvalue weighted by Crippen LogP contribution is -2.48. The van der Waals surface area contributed by atoms with Crippen molar-refractivity contribution in [1.82, 2.24) is 14.6 Å². The molecular formula is C12H18ClN3O3S2. The molecule has 2 heterocycles. The second kappa shape index (κ2) is 6.60. The van der Waals surface area contributed by atoms with E-state index in [-0.39, 0.29) is 14.6 Å². The van der Waals surface area contributed by atoms with Gasteiger partial charge in [0.1, 0.15) is 0 Å². The summed E-state index contributed by atoms with van der Waals surface area (Å²) in [4.78, 5) is 17.9. The maximum absolute atomic E-state index is 12.3. The summed E-state index contributed by atoms with van der Waals surface area (Å²) in [5.74, 6) is -0.188. The first-order valence-electron chi connectivity index (χ1n) is 6.75. The molecule has 1 fully saturated rings. The maximum atomic E-state index is 12.3. The number of aryl methyl sites for hydroxylation is 1. The summed E-state index contributed by atoms with van der Waals surface area (Å²) in [6.45, 7) is 4.52. The summed E-state index contributed by atoms with van der Waals surface area (Å²) in [7, 11) is -3.78.